The van der Waals surface area contributed by atoms with E-state index in [2.05, 4.69) is 21.0 Å². The zero-order valence-electron chi connectivity index (χ0n) is 11.3. The SMILES string of the molecule is CC1=NN(C(=O)c2cccs2)[C@@](O)(c2ccc(Br)cc2)C1. The zero-order chi connectivity index (χ0) is 15.0. The zero-order valence-corrected chi connectivity index (χ0v) is 13.7. The van der Waals surface area contributed by atoms with Crippen LogP contribution < -0.4 is 0 Å². The number of hydrogen-bond acceptors (Lipinski definition) is 4. The van der Waals surface area contributed by atoms with Crippen LogP contribution in [0.5, 0.6) is 0 Å². The molecular formula is C15H13BrN2O2S. The summed E-state index contributed by atoms with van der Waals surface area (Å²) in [4.78, 5) is 13.1. The lowest BCUT2D eigenvalue weighted by molar-refractivity contribution is -0.0763. The number of nitrogens with zero attached hydrogens (tertiary/aromatic N) is 2. The highest BCUT2D eigenvalue weighted by Crippen LogP contribution is 2.37. The number of carbonyl (C=O) groups excluding carboxylic acids is 1. The lowest BCUT2D eigenvalue weighted by Gasteiger charge is -2.31. The summed E-state index contributed by atoms with van der Waals surface area (Å²) >= 11 is 4.71. The van der Waals surface area contributed by atoms with Crippen molar-refractivity contribution in [2.75, 3.05) is 0 Å². The third-order valence-corrected chi connectivity index (χ3v) is 4.74. The molecule has 0 unspecified atom stereocenters. The molecule has 21 heavy (non-hydrogen) atoms. The number of carbonyl (C=O) groups is 1. The molecule has 0 spiro atoms. The van der Waals surface area contributed by atoms with Gasteiger partial charge in [-0.2, -0.15) is 10.1 Å². The topological polar surface area (TPSA) is 52.9 Å². The maximum Gasteiger partial charge on any atom is 0.286 e. The summed E-state index contributed by atoms with van der Waals surface area (Å²) in [6.45, 7) is 1.81. The van der Waals surface area contributed by atoms with Crippen LogP contribution in [0.15, 0.2) is 51.4 Å². The Kier molecular flexibility index (Phi) is 3.69. The standard InChI is InChI=1S/C15H13BrN2O2S/c1-10-9-15(20,11-4-6-12(16)7-5-11)18(17-10)14(19)13-3-2-8-21-13/h2-8,20H,9H2,1H3/t15-/m0/s1. The van der Waals surface area contributed by atoms with E-state index < -0.39 is 5.72 Å². The summed E-state index contributed by atoms with van der Waals surface area (Å²) in [7, 11) is 0. The smallest absolute Gasteiger partial charge is 0.286 e. The van der Waals surface area contributed by atoms with Crippen molar-refractivity contribution in [2.45, 2.75) is 19.1 Å². The van der Waals surface area contributed by atoms with Crippen molar-refractivity contribution in [3.8, 4) is 0 Å². The molecule has 0 saturated heterocycles. The molecule has 2 aromatic rings. The summed E-state index contributed by atoms with van der Waals surface area (Å²) in [6, 6.07) is 10.8. The molecule has 1 aliphatic rings. The van der Waals surface area contributed by atoms with Crippen LogP contribution in [0.2, 0.25) is 0 Å². The van der Waals surface area contributed by atoms with Crippen molar-refractivity contribution >= 4 is 38.9 Å². The van der Waals surface area contributed by atoms with Crippen molar-refractivity contribution < 1.29 is 9.90 Å². The maximum atomic E-state index is 12.6. The minimum Gasteiger partial charge on any atom is -0.365 e. The van der Waals surface area contributed by atoms with E-state index in [-0.39, 0.29) is 5.91 Å². The molecular weight excluding hydrogens is 352 g/mol. The van der Waals surface area contributed by atoms with Gasteiger partial charge in [-0.3, -0.25) is 4.79 Å². The van der Waals surface area contributed by atoms with Crippen LogP contribution in [-0.4, -0.2) is 21.7 Å². The number of benzene rings is 1. The fraction of sp³-hybridized carbons (Fsp3) is 0.200. The Morgan fingerprint density at radius 1 is 1.38 bits per heavy atom. The second-order valence-corrected chi connectivity index (χ2v) is 6.79. The van der Waals surface area contributed by atoms with Crippen molar-refractivity contribution in [1.29, 1.82) is 0 Å². The molecule has 108 valence electrons. The second-order valence-electron chi connectivity index (χ2n) is 4.93. The maximum absolute atomic E-state index is 12.6. The predicted molar refractivity (Wildman–Crippen MR) is 86.3 cm³/mol. The van der Waals surface area contributed by atoms with Gasteiger partial charge in [0.2, 0.25) is 0 Å². The van der Waals surface area contributed by atoms with E-state index in [0.717, 1.165) is 10.2 Å². The molecule has 0 bridgehead atoms. The molecule has 6 heteroatoms. The Morgan fingerprint density at radius 3 is 2.71 bits per heavy atom. The van der Waals surface area contributed by atoms with E-state index in [1.807, 2.05) is 30.5 Å². The van der Waals surface area contributed by atoms with Gasteiger partial charge in [0, 0.05) is 22.2 Å². The summed E-state index contributed by atoms with van der Waals surface area (Å²) < 4.78 is 0.918. The summed E-state index contributed by atoms with van der Waals surface area (Å²) in [5.74, 6) is -0.285. The highest BCUT2D eigenvalue weighted by Gasteiger charge is 2.45. The highest BCUT2D eigenvalue weighted by atomic mass is 79.9. The first kappa shape index (κ1) is 14.4. The van der Waals surface area contributed by atoms with Crippen molar-refractivity contribution in [3.63, 3.8) is 0 Å². The van der Waals surface area contributed by atoms with Crippen LogP contribution in [-0.2, 0) is 5.72 Å². The number of aliphatic hydroxyl groups is 1. The van der Waals surface area contributed by atoms with Gasteiger partial charge in [0.25, 0.3) is 5.91 Å². The summed E-state index contributed by atoms with van der Waals surface area (Å²) in [5.41, 5.74) is -0.0483. The molecule has 0 aliphatic carbocycles. The molecule has 1 aliphatic heterocycles. The largest absolute Gasteiger partial charge is 0.365 e. The van der Waals surface area contributed by atoms with Gasteiger partial charge in [0.15, 0.2) is 5.72 Å². The Hall–Kier alpha value is -1.50. The minimum absolute atomic E-state index is 0.285. The van der Waals surface area contributed by atoms with Gasteiger partial charge >= 0.3 is 0 Å². The molecule has 0 saturated carbocycles. The molecule has 0 fully saturated rings. The number of amides is 1. The van der Waals surface area contributed by atoms with E-state index in [1.54, 1.807) is 18.2 Å². The Balaban J connectivity index is 2.01. The number of hydrogen-bond donors (Lipinski definition) is 1. The van der Waals surface area contributed by atoms with Gasteiger partial charge in [-0.15, -0.1) is 11.3 Å². The van der Waals surface area contributed by atoms with Crippen LogP contribution in [0, 0.1) is 0 Å². The van der Waals surface area contributed by atoms with E-state index in [4.69, 9.17) is 0 Å². The quantitative estimate of drug-likeness (QED) is 0.885. The third-order valence-electron chi connectivity index (χ3n) is 3.35. The van der Waals surface area contributed by atoms with Gasteiger partial charge < -0.3 is 5.11 Å². The number of rotatable bonds is 2. The number of thiophene rings is 1. The summed E-state index contributed by atoms with van der Waals surface area (Å²) in [5, 5.41) is 18.3. The molecule has 3 rings (SSSR count). The van der Waals surface area contributed by atoms with Crippen LogP contribution >= 0.6 is 27.3 Å². The first-order valence-corrected chi connectivity index (χ1v) is 8.08. The van der Waals surface area contributed by atoms with Crippen LogP contribution in [0.25, 0.3) is 0 Å². The van der Waals surface area contributed by atoms with Gasteiger partial charge in [-0.05, 0) is 30.5 Å². The Morgan fingerprint density at radius 2 is 2.10 bits per heavy atom. The van der Waals surface area contributed by atoms with E-state index in [0.29, 0.717) is 16.9 Å². The molecule has 1 aromatic carbocycles. The predicted octanol–water partition coefficient (Wildman–Crippen LogP) is 3.58. The normalized spacial score (nSPS) is 21.5. The fourth-order valence-corrected chi connectivity index (χ4v) is 3.29. The van der Waals surface area contributed by atoms with E-state index >= 15 is 0 Å². The highest BCUT2D eigenvalue weighted by molar-refractivity contribution is 9.10. The van der Waals surface area contributed by atoms with E-state index in [9.17, 15) is 9.90 Å². The molecule has 1 aromatic heterocycles. The molecule has 4 nitrogen and oxygen atoms in total. The van der Waals surface area contributed by atoms with Crippen molar-refractivity contribution in [3.05, 3.63) is 56.7 Å². The molecule has 1 atom stereocenters. The van der Waals surface area contributed by atoms with Gasteiger partial charge in [-0.25, -0.2) is 0 Å². The lowest BCUT2D eigenvalue weighted by atomic mass is 9.97. The first-order chi connectivity index (χ1) is 10.0. The number of halogens is 1. The van der Waals surface area contributed by atoms with Gasteiger partial charge in [0.1, 0.15) is 0 Å². The molecule has 0 radical (unpaired) electrons. The minimum atomic E-state index is -1.42. The van der Waals surface area contributed by atoms with E-state index in [1.165, 1.54) is 16.3 Å². The second kappa shape index (κ2) is 5.36. The molecule has 2 heterocycles. The summed E-state index contributed by atoms with van der Waals surface area (Å²) in [6.07, 6.45) is 0.311. The monoisotopic (exact) mass is 364 g/mol. The van der Waals surface area contributed by atoms with Crippen LogP contribution in [0.3, 0.4) is 0 Å². The molecule has 1 amide bonds. The van der Waals surface area contributed by atoms with Gasteiger partial charge in [0.05, 0.1) is 4.88 Å². The Labute approximate surface area is 134 Å². The third kappa shape index (κ3) is 2.54. The Bertz CT molecular complexity index is 697. The van der Waals surface area contributed by atoms with Crippen molar-refractivity contribution in [2.24, 2.45) is 5.10 Å². The number of hydrazone groups is 1. The average Bonchev–Trinajstić information content (AvgIpc) is 3.07. The van der Waals surface area contributed by atoms with Crippen molar-refractivity contribution in [1.82, 2.24) is 5.01 Å². The fourth-order valence-electron chi connectivity index (χ4n) is 2.38. The first-order valence-electron chi connectivity index (χ1n) is 6.41. The average molecular weight is 365 g/mol. The van der Waals surface area contributed by atoms with Crippen LogP contribution in [0.1, 0.15) is 28.6 Å². The van der Waals surface area contributed by atoms with Crippen LogP contribution in [0.4, 0.5) is 0 Å². The van der Waals surface area contributed by atoms with Gasteiger partial charge in [-0.1, -0.05) is 34.1 Å². The molecule has 1 N–H and O–H groups in total. The lowest BCUT2D eigenvalue weighted by Crippen LogP contribution is -2.43.